The minimum absolute atomic E-state index is 0.0409. The topological polar surface area (TPSA) is 81.2 Å². The Bertz CT molecular complexity index is 845. The number of nitrogens with one attached hydrogen (secondary N) is 1. The van der Waals surface area contributed by atoms with Crippen LogP contribution < -0.4 is 5.32 Å². The van der Waals surface area contributed by atoms with E-state index in [1.54, 1.807) is 12.1 Å². The summed E-state index contributed by atoms with van der Waals surface area (Å²) in [7, 11) is 0. The van der Waals surface area contributed by atoms with Gasteiger partial charge in [-0.3, -0.25) is 4.79 Å². The van der Waals surface area contributed by atoms with E-state index in [4.69, 9.17) is 8.83 Å². The summed E-state index contributed by atoms with van der Waals surface area (Å²) in [6.45, 7) is 0. The molecule has 0 aliphatic heterocycles. The molecule has 1 aromatic carbocycles. The molecule has 0 bridgehead atoms. The second-order valence-corrected chi connectivity index (χ2v) is 5.69. The van der Waals surface area contributed by atoms with E-state index in [1.165, 1.54) is 18.4 Å². The number of hydrogen-bond donors (Lipinski definition) is 1. The lowest BCUT2D eigenvalue weighted by atomic mass is 10.2. The number of anilines is 1. The van der Waals surface area contributed by atoms with Gasteiger partial charge >= 0.3 is 6.18 Å². The molecule has 1 amide bonds. The van der Waals surface area contributed by atoms with Crippen molar-refractivity contribution >= 4 is 23.4 Å². The molecule has 0 radical (unpaired) electrons. The van der Waals surface area contributed by atoms with E-state index in [2.05, 4.69) is 15.5 Å². The van der Waals surface area contributed by atoms with Crippen LogP contribution in [0, 0.1) is 0 Å². The highest BCUT2D eigenvalue weighted by atomic mass is 32.2. The van der Waals surface area contributed by atoms with E-state index < -0.39 is 17.6 Å². The van der Waals surface area contributed by atoms with Crippen molar-refractivity contribution in [2.45, 2.75) is 11.4 Å². The van der Waals surface area contributed by atoms with Crippen molar-refractivity contribution in [2.75, 3.05) is 11.1 Å². The maximum absolute atomic E-state index is 12.5. The minimum atomic E-state index is -4.41. The average molecular weight is 369 g/mol. The van der Waals surface area contributed by atoms with Gasteiger partial charge in [0.15, 0.2) is 5.76 Å². The number of carbonyl (C=O) groups excluding carboxylic acids is 1. The summed E-state index contributed by atoms with van der Waals surface area (Å²) in [6.07, 6.45) is -2.95. The van der Waals surface area contributed by atoms with Crippen molar-refractivity contribution in [3.63, 3.8) is 0 Å². The summed E-state index contributed by atoms with van der Waals surface area (Å²) in [5.74, 6) is 0.146. The highest BCUT2D eigenvalue weighted by Gasteiger charge is 2.30. The lowest BCUT2D eigenvalue weighted by Gasteiger charge is -2.08. The van der Waals surface area contributed by atoms with Gasteiger partial charge in [-0.25, -0.2) is 0 Å². The van der Waals surface area contributed by atoms with Crippen LogP contribution in [0.1, 0.15) is 5.56 Å². The van der Waals surface area contributed by atoms with Gasteiger partial charge in [0.25, 0.3) is 11.1 Å². The van der Waals surface area contributed by atoms with Gasteiger partial charge in [-0.15, -0.1) is 10.2 Å². The molecule has 0 fully saturated rings. The van der Waals surface area contributed by atoms with Gasteiger partial charge in [0.2, 0.25) is 5.91 Å². The first kappa shape index (κ1) is 17.1. The molecule has 0 saturated heterocycles. The van der Waals surface area contributed by atoms with Crippen LogP contribution in [-0.2, 0) is 11.0 Å². The Balaban J connectivity index is 1.53. The van der Waals surface area contributed by atoms with Gasteiger partial charge in [-0.05, 0) is 36.4 Å². The molecule has 1 N–H and O–H groups in total. The number of nitrogens with zero attached hydrogens (tertiary/aromatic N) is 2. The summed E-state index contributed by atoms with van der Waals surface area (Å²) in [5.41, 5.74) is -0.517. The lowest BCUT2D eigenvalue weighted by molar-refractivity contribution is -0.137. The number of benzene rings is 1. The molecule has 0 atom stereocenters. The number of thioether (sulfide) groups is 1. The summed E-state index contributed by atoms with van der Waals surface area (Å²) < 4.78 is 47.9. The Morgan fingerprint density at radius 1 is 1.16 bits per heavy atom. The van der Waals surface area contributed by atoms with Crippen LogP contribution in [0.4, 0.5) is 18.9 Å². The number of carbonyl (C=O) groups is 1. The summed E-state index contributed by atoms with van der Waals surface area (Å²) in [5, 5.41) is 10.2. The molecular formula is C15H10F3N3O3S. The summed E-state index contributed by atoms with van der Waals surface area (Å²) in [6, 6.07) is 7.50. The Hall–Kier alpha value is -2.75. The maximum Gasteiger partial charge on any atom is 0.416 e. The van der Waals surface area contributed by atoms with Gasteiger partial charge in [0, 0.05) is 5.69 Å². The van der Waals surface area contributed by atoms with Crippen LogP contribution in [0.3, 0.4) is 0 Å². The first-order chi connectivity index (χ1) is 11.9. The number of hydrogen-bond acceptors (Lipinski definition) is 6. The fraction of sp³-hybridized carbons (Fsp3) is 0.133. The number of alkyl halides is 3. The SMILES string of the molecule is O=C(CSc1nnc(-c2ccco2)o1)Nc1ccc(C(F)(F)F)cc1. The Kier molecular flexibility index (Phi) is 4.79. The summed E-state index contributed by atoms with van der Waals surface area (Å²) >= 11 is 0.999. The van der Waals surface area contributed by atoms with Crippen molar-refractivity contribution in [1.29, 1.82) is 0 Å². The zero-order valence-electron chi connectivity index (χ0n) is 12.4. The molecule has 130 valence electrons. The van der Waals surface area contributed by atoms with Crippen LogP contribution in [0.15, 0.2) is 56.7 Å². The average Bonchev–Trinajstić information content (AvgIpc) is 3.24. The Morgan fingerprint density at radius 2 is 1.92 bits per heavy atom. The summed E-state index contributed by atoms with van der Waals surface area (Å²) in [4.78, 5) is 11.8. The molecule has 2 heterocycles. The standard InChI is InChI=1S/C15H10F3N3O3S/c16-15(17,18)9-3-5-10(6-4-9)19-12(22)8-25-14-21-20-13(24-14)11-2-1-7-23-11/h1-7H,8H2,(H,19,22). The zero-order valence-corrected chi connectivity index (χ0v) is 13.2. The maximum atomic E-state index is 12.5. The third-order valence-corrected chi connectivity index (χ3v) is 3.78. The second kappa shape index (κ2) is 7.01. The van der Waals surface area contributed by atoms with Crippen LogP contribution >= 0.6 is 11.8 Å². The van der Waals surface area contributed by atoms with Gasteiger partial charge in [0.05, 0.1) is 17.6 Å². The molecule has 0 aliphatic rings. The molecule has 3 rings (SSSR count). The van der Waals surface area contributed by atoms with E-state index in [0.29, 0.717) is 5.76 Å². The second-order valence-electron chi connectivity index (χ2n) is 4.76. The first-order valence-corrected chi connectivity index (χ1v) is 7.88. The molecule has 0 saturated carbocycles. The number of furan rings is 1. The molecule has 10 heteroatoms. The van der Waals surface area contributed by atoms with Crippen molar-refractivity contribution in [2.24, 2.45) is 0 Å². The predicted molar refractivity (Wildman–Crippen MR) is 82.8 cm³/mol. The number of rotatable bonds is 5. The van der Waals surface area contributed by atoms with E-state index >= 15 is 0 Å². The molecular weight excluding hydrogens is 359 g/mol. The van der Waals surface area contributed by atoms with Gasteiger partial charge in [0.1, 0.15) is 0 Å². The van der Waals surface area contributed by atoms with Crippen LogP contribution in [0.25, 0.3) is 11.7 Å². The number of halogens is 3. The van der Waals surface area contributed by atoms with Crippen molar-refractivity contribution < 1.29 is 26.8 Å². The van der Waals surface area contributed by atoms with E-state index in [1.807, 2.05) is 0 Å². The fourth-order valence-electron chi connectivity index (χ4n) is 1.83. The molecule has 2 aromatic heterocycles. The number of amides is 1. The van der Waals surface area contributed by atoms with Crippen molar-refractivity contribution in [3.8, 4) is 11.7 Å². The first-order valence-electron chi connectivity index (χ1n) is 6.89. The van der Waals surface area contributed by atoms with E-state index in [0.717, 1.165) is 23.9 Å². The van der Waals surface area contributed by atoms with Gasteiger partial charge in [-0.1, -0.05) is 11.8 Å². The van der Waals surface area contributed by atoms with Gasteiger partial charge < -0.3 is 14.2 Å². The van der Waals surface area contributed by atoms with Gasteiger partial charge in [-0.2, -0.15) is 13.2 Å². The third-order valence-electron chi connectivity index (χ3n) is 2.96. The van der Waals surface area contributed by atoms with Crippen LogP contribution in [0.2, 0.25) is 0 Å². The smallest absolute Gasteiger partial charge is 0.416 e. The minimum Gasteiger partial charge on any atom is -0.459 e. The molecule has 0 spiro atoms. The lowest BCUT2D eigenvalue weighted by Crippen LogP contribution is -2.14. The molecule has 0 unspecified atom stereocenters. The van der Waals surface area contributed by atoms with E-state index in [9.17, 15) is 18.0 Å². The Labute approximate surface area is 143 Å². The Morgan fingerprint density at radius 3 is 2.56 bits per heavy atom. The molecule has 3 aromatic rings. The number of aromatic nitrogens is 2. The highest BCUT2D eigenvalue weighted by molar-refractivity contribution is 7.99. The zero-order chi connectivity index (χ0) is 17.9. The monoisotopic (exact) mass is 369 g/mol. The van der Waals surface area contributed by atoms with Crippen LogP contribution in [-0.4, -0.2) is 21.9 Å². The van der Waals surface area contributed by atoms with E-state index in [-0.39, 0.29) is 22.6 Å². The normalized spacial score (nSPS) is 11.5. The van der Waals surface area contributed by atoms with Crippen molar-refractivity contribution in [3.05, 3.63) is 48.2 Å². The molecule has 6 nitrogen and oxygen atoms in total. The van der Waals surface area contributed by atoms with Crippen molar-refractivity contribution in [1.82, 2.24) is 10.2 Å². The fourth-order valence-corrected chi connectivity index (χ4v) is 2.40. The third kappa shape index (κ3) is 4.41. The predicted octanol–water partition coefficient (Wildman–Crippen LogP) is 4.08. The largest absolute Gasteiger partial charge is 0.459 e. The highest BCUT2D eigenvalue weighted by Crippen LogP contribution is 2.30. The molecule has 0 aliphatic carbocycles. The van der Waals surface area contributed by atoms with Crippen LogP contribution in [0.5, 0.6) is 0 Å². The quantitative estimate of drug-likeness (QED) is 0.683. The molecule has 25 heavy (non-hydrogen) atoms.